The maximum atomic E-state index is 12.3. The predicted octanol–water partition coefficient (Wildman–Crippen LogP) is 1.16. The number of aromatic nitrogens is 4. The Morgan fingerprint density at radius 1 is 1.50 bits per heavy atom. The van der Waals surface area contributed by atoms with E-state index in [1.165, 1.54) is 0 Å². The standard InChI is InChI=1S/C13H17N5O2/c1-9-5-6-10(20-9)8-14-13(19)11-4-2-3-7-18-12(11)15-16-17-18/h5-6,11H,2-4,7-8H2,1H3,(H,14,19). The van der Waals surface area contributed by atoms with Crippen molar-refractivity contribution >= 4 is 5.91 Å². The molecule has 1 aliphatic heterocycles. The van der Waals surface area contributed by atoms with Gasteiger partial charge in [-0.15, -0.1) is 5.10 Å². The molecule has 0 aromatic carbocycles. The lowest BCUT2D eigenvalue weighted by Gasteiger charge is -2.12. The number of hydrogen-bond donors (Lipinski definition) is 1. The van der Waals surface area contributed by atoms with Gasteiger partial charge < -0.3 is 9.73 Å². The molecule has 1 atom stereocenters. The van der Waals surface area contributed by atoms with Crippen molar-refractivity contribution < 1.29 is 9.21 Å². The van der Waals surface area contributed by atoms with Crippen LogP contribution in [0.15, 0.2) is 16.5 Å². The average Bonchev–Trinajstić information content (AvgIpc) is 3.01. The molecule has 1 aliphatic rings. The Kier molecular flexibility index (Phi) is 3.49. The molecule has 0 saturated carbocycles. The molecule has 7 heteroatoms. The Morgan fingerprint density at radius 2 is 2.40 bits per heavy atom. The molecule has 2 aromatic rings. The van der Waals surface area contributed by atoms with Crippen LogP contribution in [0.1, 0.15) is 42.5 Å². The Balaban J connectivity index is 1.68. The van der Waals surface area contributed by atoms with Crippen molar-refractivity contribution in [1.29, 1.82) is 0 Å². The van der Waals surface area contributed by atoms with Crippen molar-refractivity contribution in [3.63, 3.8) is 0 Å². The molecule has 106 valence electrons. The van der Waals surface area contributed by atoms with Crippen molar-refractivity contribution in [2.24, 2.45) is 0 Å². The number of furan rings is 1. The SMILES string of the molecule is Cc1ccc(CNC(=O)C2CCCCn3nnnc32)o1. The van der Waals surface area contributed by atoms with E-state index >= 15 is 0 Å². The second-order valence-corrected chi connectivity index (χ2v) is 5.04. The summed E-state index contributed by atoms with van der Waals surface area (Å²) >= 11 is 0. The zero-order chi connectivity index (χ0) is 13.9. The first-order valence-electron chi connectivity index (χ1n) is 6.83. The Morgan fingerprint density at radius 3 is 3.20 bits per heavy atom. The van der Waals surface area contributed by atoms with E-state index in [9.17, 15) is 4.79 Å². The third-order valence-corrected chi connectivity index (χ3v) is 3.53. The fourth-order valence-corrected chi connectivity index (χ4v) is 2.49. The first-order chi connectivity index (χ1) is 9.74. The highest BCUT2D eigenvalue weighted by atomic mass is 16.3. The maximum absolute atomic E-state index is 12.3. The van der Waals surface area contributed by atoms with Crippen molar-refractivity contribution in [3.8, 4) is 0 Å². The van der Waals surface area contributed by atoms with Crippen LogP contribution in [0.25, 0.3) is 0 Å². The Hall–Kier alpha value is -2.18. The number of tetrazole rings is 1. The minimum Gasteiger partial charge on any atom is -0.465 e. The van der Waals surface area contributed by atoms with Crippen molar-refractivity contribution in [1.82, 2.24) is 25.5 Å². The second kappa shape index (κ2) is 5.44. The largest absolute Gasteiger partial charge is 0.465 e. The molecule has 0 spiro atoms. The van der Waals surface area contributed by atoms with E-state index in [4.69, 9.17) is 4.42 Å². The van der Waals surface area contributed by atoms with Gasteiger partial charge in [0.1, 0.15) is 11.5 Å². The monoisotopic (exact) mass is 275 g/mol. The molecule has 20 heavy (non-hydrogen) atoms. The number of fused-ring (bicyclic) bond motifs is 1. The van der Waals surface area contributed by atoms with Gasteiger partial charge in [0.25, 0.3) is 0 Å². The summed E-state index contributed by atoms with van der Waals surface area (Å²) in [6.07, 6.45) is 2.77. The smallest absolute Gasteiger partial charge is 0.231 e. The van der Waals surface area contributed by atoms with E-state index in [1.54, 1.807) is 4.68 Å². The lowest BCUT2D eigenvalue weighted by molar-refractivity contribution is -0.123. The average molecular weight is 275 g/mol. The molecule has 0 saturated heterocycles. The summed E-state index contributed by atoms with van der Waals surface area (Å²) in [5.74, 6) is 1.94. The molecule has 3 heterocycles. The van der Waals surface area contributed by atoms with Crippen LogP contribution in [0.5, 0.6) is 0 Å². The molecule has 1 N–H and O–H groups in total. The minimum absolute atomic E-state index is 0.0444. The van der Waals surface area contributed by atoms with Gasteiger partial charge in [-0.2, -0.15) is 0 Å². The van der Waals surface area contributed by atoms with Crippen LogP contribution in [0, 0.1) is 6.92 Å². The minimum atomic E-state index is -0.274. The van der Waals surface area contributed by atoms with Crippen molar-refractivity contribution in [3.05, 3.63) is 29.5 Å². The lowest BCUT2D eigenvalue weighted by Crippen LogP contribution is -2.30. The van der Waals surface area contributed by atoms with Gasteiger partial charge in [-0.25, -0.2) is 4.68 Å². The Labute approximate surface area is 116 Å². The number of hydrogen-bond acceptors (Lipinski definition) is 5. The summed E-state index contributed by atoms with van der Waals surface area (Å²) in [7, 11) is 0. The van der Waals surface area contributed by atoms with Crippen LogP contribution < -0.4 is 5.32 Å². The van der Waals surface area contributed by atoms with Crippen LogP contribution in [-0.4, -0.2) is 26.1 Å². The van der Waals surface area contributed by atoms with Gasteiger partial charge in [-0.05, 0) is 42.3 Å². The number of rotatable bonds is 3. The second-order valence-electron chi connectivity index (χ2n) is 5.04. The summed E-state index contributed by atoms with van der Waals surface area (Å²) in [5, 5.41) is 14.5. The molecule has 0 aliphatic carbocycles. The van der Waals surface area contributed by atoms with E-state index in [0.29, 0.717) is 12.4 Å². The van der Waals surface area contributed by atoms with Crippen LogP contribution in [0.4, 0.5) is 0 Å². The van der Waals surface area contributed by atoms with Gasteiger partial charge in [0.15, 0.2) is 5.82 Å². The maximum Gasteiger partial charge on any atom is 0.231 e. The summed E-state index contributed by atoms with van der Waals surface area (Å²) in [6.45, 7) is 3.05. The highest BCUT2D eigenvalue weighted by molar-refractivity contribution is 5.82. The number of nitrogens with zero attached hydrogens (tertiary/aromatic N) is 4. The molecular formula is C13H17N5O2. The van der Waals surface area contributed by atoms with Crippen molar-refractivity contribution in [2.45, 2.75) is 45.2 Å². The molecule has 3 rings (SSSR count). The van der Waals surface area contributed by atoms with Gasteiger partial charge in [0.05, 0.1) is 12.5 Å². The summed E-state index contributed by atoms with van der Waals surface area (Å²) in [4.78, 5) is 12.3. The molecule has 7 nitrogen and oxygen atoms in total. The quantitative estimate of drug-likeness (QED) is 0.908. The number of amides is 1. The van der Waals surface area contributed by atoms with E-state index < -0.39 is 0 Å². The van der Waals surface area contributed by atoms with E-state index in [2.05, 4.69) is 20.8 Å². The summed E-state index contributed by atoms with van der Waals surface area (Å²) in [6, 6.07) is 3.75. The fraction of sp³-hybridized carbons (Fsp3) is 0.538. The highest BCUT2D eigenvalue weighted by Gasteiger charge is 2.28. The van der Waals surface area contributed by atoms with E-state index in [1.807, 2.05) is 19.1 Å². The Bertz CT molecular complexity index is 603. The number of nitrogens with one attached hydrogen (secondary N) is 1. The van der Waals surface area contributed by atoms with E-state index in [-0.39, 0.29) is 11.8 Å². The van der Waals surface area contributed by atoms with Gasteiger partial charge in [-0.1, -0.05) is 6.42 Å². The zero-order valence-electron chi connectivity index (χ0n) is 11.4. The highest BCUT2D eigenvalue weighted by Crippen LogP contribution is 2.24. The number of carbonyl (C=O) groups is 1. The summed E-state index contributed by atoms with van der Waals surface area (Å²) in [5.41, 5.74) is 0. The molecule has 1 unspecified atom stereocenters. The van der Waals surface area contributed by atoms with Crippen LogP contribution in [0.3, 0.4) is 0 Å². The van der Waals surface area contributed by atoms with Gasteiger partial charge >= 0.3 is 0 Å². The lowest BCUT2D eigenvalue weighted by atomic mass is 10.0. The normalized spacial score (nSPS) is 18.4. The predicted molar refractivity (Wildman–Crippen MR) is 69.7 cm³/mol. The number of aryl methyl sites for hydroxylation is 2. The molecule has 0 fully saturated rings. The van der Waals surface area contributed by atoms with Gasteiger partial charge in [0, 0.05) is 6.54 Å². The third kappa shape index (κ3) is 2.56. The van der Waals surface area contributed by atoms with Crippen LogP contribution in [-0.2, 0) is 17.9 Å². The first kappa shape index (κ1) is 12.8. The molecule has 0 bridgehead atoms. The molecule has 0 radical (unpaired) electrons. The summed E-state index contributed by atoms with van der Waals surface area (Å²) < 4.78 is 7.17. The molecule has 2 aromatic heterocycles. The zero-order valence-corrected chi connectivity index (χ0v) is 11.4. The molecule has 1 amide bonds. The van der Waals surface area contributed by atoms with Crippen LogP contribution in [0.2, 0.25) is 0 Å². The van der Waals surface area contributed by atoms with Gasteiger partial charge in [0.2, 0.25) is 5.91 Å². The van der Waals surface area contributed by atoms with Gasteiger partial charge in [-0.3, -0.25) is 4.79 Å². The van der Waals surface area contributed by atoms with E-state index in [0.717, 1.165) is 37.3 Å². The molecular weight excluding hydrogens is 258 g/mol. The topological polar surface area (TPSA) is 85.8 Å². The first-order valence-corrected chi connectivity index (χ1v) is 6.83. The third-order valence-electron chi connectivity index (χ3n) is 3.53. The van der Waals surface area contributed by atoms with Crippen LogP contribution >= 0.6 is 0 Å². The number of carbonyl (C=O) groups excluding carboxylic acids is 1. The fourth-order valence-electron chi connectivity index (χ4n) is 2.49. The van der Waals surface area contributed by atoms with Crippen molar-refractivity contribution in [2.75, 3.05) is 0 Å².